The minimum absolute atomic E-state index is 0.346. The van der Waals surface area contributed by atoms with E-state index in [-0.39, 0.29) is 0 Å². The van der Waals surface area contributed by atoms with Crippen LogP contribution in [-0.2, 0) is 4.79 Å². The van der Waals surface area contributed by atoms with Crippen LogP contribution >= 0.6 is 15.9 Å². The lowest BCUT2D eigenvalue weighted by Gasteiger charge is -2.39. The molecule has 1 aromatic carbocycles. The Kier molecular flexibility index (Phi) is 3.29. The van der Waals surface area contributed by atoms with Gasteiger partial charge in [0.05, 0.1) is 6.61 Å². The molecule has 0 unspecified atom stereocenters. The maximum atomic E-state index is 11.7. The summed E-state index contributed by atoms with van der Waals surface area (Å²) in [7, 11) is 0. The quantitative estimate of drug-likeness (QED) is 0.856. The first-order chi connectivity index (χ1) is 8.72. The predicted molar refractivity (Wildman–Crippen MR) is 72.4 cm³/mol. The molecule has 18 heavy (non-hydrogen) atoms. The number of rotatable bonds is 4. The number of halogens is 1. The normalized spacial score (nSPS) is 19.5. The van der Waals surface area contributed by atoms with Gasteiger partial charge in [-0.15, -0.1) is 0 Å². The van der Waals surface area contributed by atoms with Crippen LogP contribution in [0, 0.1) is 11.8 Å². The van der Waals surface area contributed by atoms with Crippen LogP contribution in [0.2, 0.25) is 0 Å². The van der Waals surface area contributed by atoms with Crippen molar-refractivity contribution >= 4 is 21.8 Å². The van der Waals surface area contributed by atoms with Crippen molar-refractivity contribution in [3.63, 3.8) is 0 Å². The zero-order valence-electron chi connectivity index (χ0n) is 10.1. The van der Waals surface area contributed by atoms with Gasteiger partial charge < -0.3 is 9.64 Å². The minimum Gasteiger partial charge on any atom is -0.493 e. The number of hydrogen-bond donors (Lipinski definition) is 0. The van der Waals surface area contributed by atoms with Gasteiger partial charge in [-0.1, -0.05) is 15.9 Å². The minimum atomic E-state index is 0.346. The van der Waals surface area contributed by atoms with Gasteiger partial charge in [-0.2, -0.15) is 0 Å². The van der Waals surface area contributed by atoms with Gasteiger partial charge in [-0.05, 0) is 37.1 Å². The van der Waals surface area contributed by atoms with E-state index in [4.69, 9.17) is 4.74 Å². The number of benzene rings is 1. The molecule has 4 heteroatoms. The molecule has 1 aromatic rings. The van der Waals surface area contributed by atoms with Crippen LogP contribution in [0.1, 0.15) is 12.8 Å². The van der Waals surface area contributed by atoms with Crippen molar-refractivity contribution in [1.82, 2.24) is 4.90 Å². The summed E-state index contributed by atoms with van der Waals surface area (Å²) >= 11 is 3.39. The fourth-order valence-corrected chi connectivity index (χ4v) is 2.45. The van der Waals surface area contributed by atoms with E-state index < -0.39 is 0 Å². The monoisotopic (exact) mass is 309 g/mol. The average Bonchev–Trinajstić information content (AvgIpc) is 3.13. The first-order valence-corrected chi connectivity index (χ1v) is 7.19. The van der Waals surface area contributed by atoms with Gasteiger partial charge in [0.25, 0.3) is 0 Å². The Morgan fingerprint density at radius 1 is 1.28 bits per heavy atom. The van der Waals surface area contributed by atoms with Crippen LogP contribution in [0.4, 0.5) is 0 Å². The van der Waals surface area contributed by atoms with Gasteiger partial charge in [0, 0.05) is 29.4 Å². The molecule has 2 aliphatic rings. The third-order valence-electron chi connectivity index (χ3n) is 3.49. The summed E-state index contributed by atoms with van der Waals surface area (Å²) in [6, 6.07) is 7.85. The molecule has 0 bridgehead atoms. The highest BCUT2D eigenvalue weighted by Crippen LogP contribution is 2.33. The van der Waals surface area contributed by atoms with Gasteiger partial charge in [-0.3, -0.25) is 4.79 Å². The maximum Gasteiger partial charge on any atom is 0.225 e. The van der Waals surface area contributed by atoms with Crippen LogP contribution < -0.4 is 4.74 Å². The predicted octanol–water partition coefficient (Wildman–Crippen LogP) is 2.70. The van der Waals surface area contributed by atoms with E-state index in [0.29, 0.717) is 24.3 Å². The zero-order valence-corrected chi connectivity index (χ0v) is 11.7. The van der Waals surface area contributed by atoms with Crippen LogP contribution in [0.5, 0.6) is 5.75 Å². The van der Waals surface area contributed by atoms with Crippen molar-refractivity contribution in [2.75, 3.05) is 19.7 Å². The van der Waals surface area contributed by atoms with E-state index >= 15 is 0 Å². The first kappa shape index (κ1) is 12.0. The molecule has 0 N–H and O–H groups in total. The Labute approximate surface area is 115 Å². The first-order valence-electron chi connectivity index (χ1n) is 6.39. The molecule has 2 fully saturated rings. The van der Waals surface area contributed by atoms with Crippen molar-refractivity contribution in [3.8, 4) is 5.75 Å². The molecule has 1 saturated carbocycles. The van der Waals surface area contributed by atoms with Gasteiger partial charge in [0.15, 0.2) is 0 Å². The average molecular weight is 310 g/mol. The fourth-order valence-electron chi connectivity index (χ4n) is 2.19. The third kappa shape index (κ3) is 2.69. The highest BCUT2D eigenvalue weighted by Gasteiger charge is 2.39. The number of carbonyl (C=O) groups excluding carboxylic acids is 1. The molecule has 1 aliphatic heterocycles. The second kappa shape index (κ2) is 4.92. The third-order valence-corrected chi connectivity index (χ3v) is 4.02. The highest BCUT2D eigenvalue weighted by atomic mass is 79.9. The Balaban J connectivity index is 1.40. The van der Waals surface area contributed by atoms with E-state index in [1.165, 1.54) is 0 Å². The Hall–Kier alpha value is -1.03. The summed E-state index contributed by atoms with van der Waals surface area (Å²) in [5, 5.41) is 0. The van der Waals surface area contributed by atoms with E-state index in [1.54, 1.807) is 0 Å². The molecule has 0 atom stereocenters. The summed E-state index contributed by atoms with van der Waals surface area (Å²) in [6.07, 6.45) is 2.19. The Morgan fingerprint density at radius 2 is 1.94 bits per heavy atom. The van der Waals surface area contributed by atoms with Crippen molar-refractivity contribution in [2.24, 2.45) is 11.8 Å². The molecule has 1 amide bonds. The van der Waals surface area contributed by atoms with Crippen molar-refractivity contribution in [2.45, 2.75) is 12.8 Å². The lowest BCUT2D eigenvalue weighted by molar-refractivity contribution is -0.139. The molecule has 1 saturated heterocycles. The smallest absolute Gasteiger partial charge is 0.225 e. The Bertz CT molecular complexity index is 436. The van der Waals surface area contributed by atoms with Gasteiger partial charge in [0.1, 0.15) is 5.75 Å². The number of nitrogens with zero attached hydrogens (tertiary/aromatic N) is 1. The maximum absolute atomic E-state index is 11.7. The lowest BCUT2D eigenvalue weighted by Crippen LogP contribution is -2.52. The standard InChI is InChI=1S/C14H16BrNO2/c15-12-3-5-13(6-4-12)18-9-10-7-16(8-10)14(17)11-1-2-11/h3-6,10-11H,1-2,7-9H2. The summed E-state index contributed by atoms with van der Waals surface area (Å²) < 4.78 is 6.77. The summed E-state index contributed by atoms with van der Waals surface area (Å²) in [4.78, 5) is 13.7. The van der Waals surface area contributed by atoms with E-state index in [9.17, 15) is 4.79 Å². The summed E-state index contributed by atoms with van der Waals surface area (Å²) in [5.41, 5.74) is 0. The summed E-state index contributed by atoms with van der Waals surface area (Å²) in [5.74, 6) is 2.09. The molecule has 3 nitrogen and oxygen atoms in total. The SMILES string of the molecule is O=C(C1CC1)N1CC(COc2ccc(Br)cc2)C1. The highest BCUT2D eigenvalue weighted by molar-refractivity contribution is 9.10. The van der Waals surface area contributed by atoms with Crippen molar-refractivity contribution in [1.29, 1.82) is 0 Å². The number of carbonyl (C=O) groups is 1. The van der Waals surface area contributed by atoms with Crippen LogP contribution in [0.3, 0.4) is 0 Å². The molecule has 0 aromatic heterocycles. The van der Waals surface area contributed by atoms with Gasteiger partial charge in [-0.25, -0.2) is 0 Å². The molecule has 96 valence electrons. The molecule has 0 radical (unpaired) electrons. The molecular formula is C14H16BrNO2. The van der Waals surface area contributed by atoms with Crippen molar-refractivity contribution in [3.05, 3.63) is 28.7 Å². The molecule has 1 heterocycles. The fraction of sp³-hybridized carbons (Fsp3) is 0.500. The van der Waals surface area contributed by atoms with Gasteiger partial charge >= 0.3 is 0 Å². The second-order valence-electron chi connectivity index (χ2n) is 5.15. The topological polar surface area (TPSA) is 29.5 Å². The zero-order chi connectivity index (χ0) is 12.5. The van der Waals surface area contributed by atoms with Crippen LogP contribution in [-0.4, -0.2) is 30.5 Å². The largest absolute Gasteiger partial charge is 0.493 e. The Morgan fingerprint density at radius 3 is 2.56 bits per heavy atom. The molecule has 3 rings (SSSR count). The van der Waals surface area contributed by atoms with E-state index in [0.717, 1.165) is 36.2 Å². The number of ether oxygens (including phenoxy) is 1. The van der Waals surface area contributed by atoms with Crippen LogP contribution in [0.25, 0.3) is 0 Å². The second-order valence-corrected chi connectivity index (χ2v) is 6.06. The summed E-state index contributed by atoms with van der Waals surface area (Å²) in [6.45, 7) is 2.44. The number of likely N-dealkylation sites (tertiary alicyclic amines) is 1. The lowest BCUT2D eigenvalue weighted by atomic mass is 10.0. The molecule has 0 spiro atoms. The number of hydrogen-bond acceptors (Lipinski definition) is 2. The number of amides is 1. The van der Waals surface area contributed by atoms with Crippen molar-refractivity contribution < 1.29 is 9.53 Å². The molecule has 1 aliphatic carbocycles. The van der Waals surface area contributed by atoms with E-state index in [1.807, 2.05) is 29.2 Å². The van der Waals surface area contributed by atoms with Crippen LogP contribution in [0.15, 0.2) is 28.7 Å². The molecular weight excluding hydrogens is 294 g/mol. The van der Waals surface area contributed by atoms with E-state index in [2.05, 4.69) is 15.9 Å². The van der Waals surface area contributed by atoms with Gasteiger partial charge in [0.2, 0.25) is 5.91 Å².